The van der Waals surface area contributed by atoms with Crippen LogP contribution in [0.15, 0.2) is 78.9 Å². The predicted octanol–water partition coefficient (Wildman–Crippen LogP) is 4.53. The summed E-state index contributed by atoms with van der Waals surface area (Å²) in [4.78, 5) is 40.6. The standard InChI is InChI=1S/C26H21NO4/c1-16-12-14-18(15-13-16)27-23(29)26-21(19-10-6-7-11-20(19)31-24(26)30)25(26,2)22(28)17-8-4-3-5-9-17/h3-15,21H,1-2H3,(H,27,29)/t21-,25-,26+/m1/s1. The van der Waals surface area contributed by atoms with E-state index in [1.807, 2.05) is 37.3 Å². The van der Waals surface area contributed by atoms with Crippen LogP contribution in [0.5, 0.6) is 5.75 Å². The number of aryl methyl sites for hydroxylation is 1. The number of rotatable bonds is 4. The van der Waals surface area contributed by atoms with Crippen molar-refractivity contribution in [3.05, 3.63) is 95.6 Å². The topological polar surface area (TPSA) is 72.5 Å². The first kappa shape index (κ1) is 19.2. The number of ether oxygens (including phenoxy) is 1. The second-order valence-corrected chi connectivity index (χ2v) is 8.39. The molecule has 1 amide bonds. The zero-order valence-electron chi connectivity index (χ0n) is 17.2. The summed E-state index contributed by atoms with van der Waals surface area (Å²) in [5.41, 5.74) is -0.0982. The van der Waals surface area contributed by atoms with Crippen molar-refractivity contribution in [2.75, 3.05) is 5.32 Å². The molecule has 3 aromatic carbocycles. The molecule has 0 unspecified atom stereocenters. The van der Waals surface area contributed by atoms with Crippen LogP contribution in [0, 0.1) is 17.8 Å². The largest absolute Gasteiger partial charge is 0.425 e. The molecule has 1 N–H and O–H groups in total. The van der Waals surface area contributed by atoms with Gasteiger partial charge in [0.2, 0.25) is 5.91 Å². The fourth-order valence-corrected chi connectivity index (χ4v) is 5.01. The van der Waals surface area contributed by atoms with Crippen LogP contribution in [0.2, 0.25) is 0 Å². The maximum atomic E-state index is 13.7. The highest BCUT2D eigenvalue weighted by atomic mass is 16.5. The molecule has 5 nitrogen and oxygen atoms in total. The van der Waals surface area contributed by atoms with E-state index in [9.17, 15) is 14.4 Å². The number of ketones is 1. The Bertz CT molecular complexity index is 1220. The molecule has 3 atom stereocenters. The Hall–Kier alpha value is -3.73. The van der Waals surface area contributed by atoms with Crippen molar-refractivity contribution in [2.24, 2.45) is 10.8 Å². The van der Waals surface area contributed by atoms with E-state index in [1.165, 1.54) is 0 Å². The molecule has 3 aromatic rings. The summed E-state index contributed by atoms with van der Waals surface area (Å²) in [7, 11) is 0. The van der Waals surface area contributed by atoms with Crippen LogP contribution in [0.25, 0.3) is 0 Å². The quantitative estimate of drug-likeness (QED) is 0.296. The molecule has 1 aliphatic carbocycles. The summed E-state index contributed by atoms with van der Waals surface area (Å²) in [5, 5.41) is 2.85. The van der Waals surface area contributed by atoms with Gasteiger partial charge >= 0.3 is 5.97 Å². The zero-order chi connectivity index (χ0) is 21.8. The molecule has 0 bridgehead atoms. The van der Waals surface area contributed by atoms with Crippen molar-refractivity contribution in [3.8, 4) is 5.75 Å². The number of carbonyl (C=O) groups excluding carboxylic acids is 3. The average Bonchev–Trinajstić information content (AvgIpc) is 3.39. The molecule has 0 spiro atoms. The van der Waals surface area contributed by atoms with Crippen molar-refractivity contribution in [1.29, 1.82) is 0 Å². The minimum Gasteiger partial charge on any atom is -0.425 e. The number of hydrogen-bond donors (Lipinski definition) is 1. The van der Waals surface area contributed by atoms with Gasteiger partial charge < -0.3 is 10.1 Å². The van der Waals surface area contributed by atoms with Crippen LogP contribution in [0.3, 0.4) is 0 Å². The van der Waals surface area contributed by atoms with Crippen LogP contribution >= 0.6 is 0 Å². The summed E-state index contributed by atoms with van der Waals surface area (Å²) in [6, 6.07) is 23.2. The van der Waals surface area contributed by atoms with Crippen molar-refractivity contribution < 1.29 is 19.1 Å². The van der Waals surface area contributed by atoms with Crippen molar-refractivity contribution in [1.82, 2.24) is 0 Å². The lowest BCUT2D eigenvalue weighted by atomic mass is 9.86. The molecule has 5 rings (SSSR count). The second kappa shape index (κ2) is 6.64. The third-order valence-corrected chi connectivity index (χ3v) is 6.68. The van der Waals surface area contributed by atoms with E-state index in [1.54, 1.807) is 55.5 Å². The van der Waals surface area contributed by atoms with E-state index in [0.717, 1.165) is 5.56 Å². The number of Topliss-reactive ketones (excluding diaryl/α,β-unsaturated/α-hetero) is 1. The second-order valence-electron chi connectivity index (χ2n) is 8.39. The van der Waals surface area contributed by atoms with Gasteiger partial charge in [0, 0.05) is 22.7 Å². The summed E-state index contributed by atoms with van der Waals surface area (Å²) in [6.07, 6.45) is 0. The molecule has 1 fully saturated rings. The van der Waals surface area contributed by atoms with Gasteiger partial charge in [-0.05, 0) is 32.0 Å². The van der Waals surface area contributed by atoms with E-state index >= 15 is 0 Å². The molecule has 1 aliphatic heterocycles. The van der Waals surface area contributed by atoms with Crippen LogP contribution in [0.4, 0.5) is 5.69 Å². The maximum absolute atomic E-state index is 13.7. The molecule has 154 valence electrons. The first-order valence-electron chi connectivity index (χ1n) is 10.2. The van der Waals surface area contributed by atoms with E-state index in [2.05, 4.69) is 5.32 Å². The van der Waals surface area contributed by atoms with E-state index in [-0.39, 0.29) is 5.78 Å². The number of benzene rings is 3. The zero-order valence-corrected chi connectivity index (χ0v) is 17.2. The minimum atomic E-state index is -1.63. The molecule has 5 heteroatoms. The molecule has 0 aromatic heterocycles. The van der Waals surface area contributed by atoms with Crippen molar-refractivity contribution in [2.45, 2.75) is 19.8 Å². The van der Waals surface area contributed by atoms with Crippen LogP contribution in [-0.2, 0) is 9.59 Å². The molecule has 1 heterocycles. The summed E-state index contributed by atoms with van der Waals surface area (Å²) >= 11 is 0. The molecule has 0 radical (unpaired) electrons. The lowest BCUT2D eigenvalue weighted by Gasteiger charge is -2.23. The van der Waals surface area contributed by atoms with Gasteiger partial charge in [0.25, 0.3) is 0 Å². The Morgan fingerprint density at radius 3 is 2.26 bits per heavy atom. The fourth-order valence-electron chi connectivity index (χ4n) is 5.01. The Morgan fingerprint density at radius 2 is 1.55 bits per heavy atom. The lowest BCUT2D eigenvalue weighted by Crippen LogP contribution is -2.42. The molecular formula is C26H21NO4. The molecule has 31 heavy (non-hydrogen) atoms. The van der Waals surface area contributed by atoms with Crippen molar-refractivity contribution >= 4 is 23.3 Å². The van der Waals surface area contributed by atoms with Crippen LogP contribution in [-0.4, -0.2) is 17.7 Å². The van der Waals surface area contributed by atoms with Crippen LogP contribution < -0.4 is 10.1 Å². The highest BCUT2D eigenvalue weighted by molar-refractivity contribution is 6.23. The smallest absolute Gasteiger partial charge is 0.328 e. The SMILES string of the molecule is Cc1ccc(NC(=O)[C@]23C(=O)Oc4ccccc4[C@@H]2[C@]3(C)C(=O)c2ccccc2)cc1. The first-order valence-corrected chi connectivity index (χ1v) is 10.2. The summed E-state index contributed by atoms with van der Waals surface area (Å²) in [5.74, 6) is -1.65. The normalized spacial score (nSPS) is 25.6. The first-order chi connectivity index (χ1) is 14.9. The number of carbonyl (C=O) groups is 3. The van der Waals surface area contributed by atoms with E-state index in [4.69, 9.17) is 4.74 Å². The van der Waals surface area contributed by atoms with Gasteiger partial charge in [-0.15, -0.1) is 0 Å². The number of amides is 1. The third kappa shape index (κ3) is 2.53. The molecule has 2 aliphatic rings. The fraction of sp³-hybridized carbons (Fsp3) is 0.192. The summed E-state index contributed by atoms with van der Waals surface area (Å²) in [6.45, 7) is 3.65. The molecule has 1 saturated carbocycles. The van der Waals surface area contributed by atoms with Crippen LogP contribution in [0.1, 0.15) is 34.3 Å². The number of esters is 1. The molecule has 0 saturated heterocycles. The van der Waals surface area contributed by atoms with Gasteiger partial charge in [0.1, 0.15) is 5.75 Å². The van der Waals surface area contributed by atoms with Gasteiger partial charge in [0.05, 0.1) is 5.41 Å². The monoisotopic (exact) mass is 411 g/mol. The minimum absolute atomic E-state index is 0.245. The van der Waals surface area contributed by atoms with Crippen molar-refractivity contribution in [3.63, 3.8) is 0 Å². The highest BCUT2D eigenvalue weighted by Crippen LogP contribution is 2.78. The van der Waals surface area contributed by atoms with Gasteiger partial charge in [-0.25, -0.2) is 0 Å². The van der Waals surface area contributed by atoms with Gasteiger partial charge in [-0.3, -0.25) is 14.4 Å². The van der Waals surface area contributed by atoms with E-state index < -0.39 is 28.6 Å². The number of anilines is 1. The Balaban J connectivity index is 1.63. The third-order valence-electron chi connectivity index (χ3n) is 6.68. The average molecular weight is 411 g/mol. The number of para-hydroxylation sites is 1. The van der Waals surface area contributed by atoms with Gasteiger partial charge in [0.15, 0.2) is 11.2 Å². The number of fused-ring (bicyclic) bond motifs is 3. The van der Waals surface area contributed by atoms with E-state index in [0.29, 0.717) is 22.6 Å². The number of hydrogen-bond acceptors (Lipinski definition) is 4. The Kier molecular flexibility index (Phi) is 4.12. The Labute approximate surface area is 180 Å². The summed E-state index contributed by atoms with van der Waals surface area (Å²) < 4.78 is 5.60. The number of nitrogens with one attached hydrogen (secondary N) is 1. The Morgan fingerprint density at radius 1 is 0.903 bits per heavy atom. The molecular weight excluding hydrogens is 390 g/mol. The maximum Gasteiger partial charge on any atom is 0.328 e. The van der Waals surface area contributed by atoms with Gasteiger partial charge in [-0.1, -0.05) is 66.2 Å². The van der Waals surface area contributed by atoms with Gasteiger partial charge in [-0.2, -0.15) is 0 Å². The highest BCUT2D eigenvalue weighted by Gasteiger charge is 2.88. The lowest BCUT2D eigenvalue weighted by molar-refractivity contribution is -0.147. The predicted molar refractivity (Wildman–Crippen MR) is 116 cm³/mol.